The molecule has 1 N–H and O–H groups in total. The van der Waals surface area contributed by atoms with Gasteiger partial charge in [-0.3, -0.25) is 0 Å². The second-order valence-corrected chi connectivity index (χ2v) is 4.62. The van der Waals surface area contributed by atoms with Gasteiger partial charge in [-0.25, -0.2) is 4.98 Å². The number of nitrogens with one attached hydrogen (secondary N) is 1. The van der Waals surface area contributed by atoms with Crippen LogP contribution in [0.2, 0.25) is 0 Å². The van der Waals surface area contributed by atoms with Gasteiger partial charge in [0.15, 0.2) is 0 Å². The molecule has 1 heterocycles. The number of benzene rings is 1. The van der Waals surface area contributed by atoms with Crippen LogP contribution < -0.4 is 5.32 Å². The van der Waals surface area contributed by atoms with Gasteiger partial charge in [0.25, 0.3) is 0 Å². The predicted molar refractivity (Wildman–Crippen MR) is 80.6 cm³/mol. The van der Waals surface area contributed by atoms with Crippen molar-refractivity contribution >= 4 is 16.7 Å². The van der Waals surface area contributed by atoms with Crippen LogP contribution in [0, 0.1) is 11.3 Å². The quantitative estimate of drug-likeness (QED) is 0.645. The van der Waals surface area contributed by atoms with Gasteiger partial charge in [0.1, 0.15) is 5.82 Å². The summed E-state index contributed by atoms with van der Waals surface area (Å²) in [4.78, 5) is 4.48. The fourth-order valence-corrected chi connectivity index (χ4v) is 1.86. The standard InChI is InChI=1S/C16H17N3O/c1-12(2)11-20-8-7-18-16-9-13(10-17)14-5-3-4-6-15(14)19-16/h3-6,9H,1,7-8,11H2,2H3,(H,18,19). The third-order valence-electron chi connectivity index (χ3n) is 2.74. The molecule has 0 aliphatic rings. The van der Waals surface area contributed by atoms with E-state index in [1.54, 1.807) is 6.07 Å². The molecule has 0 bridgehead atoms. The molecule has 1 aromatic carbocycles. The summed E-state index contributed by atoms with van der Waals surface area (Å²) in [6.45, 7) is 7.48. The summed E-state index contributed by atoms with van der Waals surface area (Å²) in [6.07, 6.45) is 0. The summed E-state index contributed by atoms with van der Waals surface area (Å²) in [5.74, 6) is 0.694. The van der Waals surface area contributed by atoms with Crippen molar-refractivity contribution in [2.24, 2.45) is 0 Å². The van der Waals surface area contributed by atoms with Gasteiger partial charge in [-0.1, -0.05) is 30.4 Å². The van der Waals surface area contributed by atoms with Crippen molar-refractivity contribution in [2.45, 2.75) is 6.92 Å². The van der Waals surface area contributed by atoms with Crippen LogP contribution in [0.1, 0.15) is 12.5 Å². The molecule has 2 rings (SSSR count). The predicted octanol–water partition coefficient (Wildman–Crippen LogP) is 3.11. The molecule has 0 fully saturated rings. The van der Waals surface area contributed by atoms with E-state index in [1.165, 1.54) is 0 Å². The second kappa shape index (κ2) is 6.69. The number of hydrogen-bond donors (Lipinski definition) is 1. The molecule has 0 amide bonds. The molecule has 0 atom stereocenters. The molecule has 0 saturated heterocycles. The summed E-state index contributed by atoms with van der Waals surface area (Å²) in [5, 5.41) is 13.2. The number of anilines is 1. The largest absolute Gasteiger partial charge is 0.375 e. The van der Waals surface area contributed by atoms with E-state index >= 15 is 0 Å². The number of nitrogens with zero attached hydrogens (tertiary/aromatic N) is 2. The number of para-hydroxylation sites is 1. The summed E-state index contributed by atoms with van der Waals surface area (Å²) in [5.41, 5.74) is 2.44. The molecule has 4 nitrogen and oxygen atoms in total. The molecule has 0 aliphatic carbocycles. The highest BCUT2D eigenvalue weighted by Crippen LogP contribution is 2.19. The summed E-state index contributed by atoms with van der Waals surface area (Å²) in [7, 11) is 0. The van der Waals surface area contributed by atoms with Crippen molar-refractivity contribution < 1.29 is 4.74 Å². The number of rotatable bonds is 6. The van der Waals surface area contributed by atoms with Crippen LogP contribution in [-0.2, 0) is 4.74 Å². The lowest BCUT2D eigenvalue weighted by molar-refractivity contribution is 0.167. The molecule has 0 aliphatic heterocycles. The van der Waals surface area contributed by atoms with Crippen molar-refractivity contribution in [2.75, 3.05) is 25.1 Å². The van der Waals surface area contributed by atoms with Crippen LogP contribution in [0.5, 0.6) is 0 Å². The Kier molecular flexibility index (Phi) is 4.70. The zero-order valence-corrected chi connectivity index (χ0v) is 11.5. The lowest BCUT2D eigenvalue weighted by atomic mass is 10.1. The van der Waals surface area contributed by atoms with Crippen LogP contribution in [0.25, 0.3) is 10.9 Å². The number of pyridine rings is 1. The van der Waals surface area contributed by atoms with Crippen LogP contribution in [0.4, 0.5) is 5.82 Å². The lowest BCUT2D eigenvalue weighted by Gasteiger charge is -2.08. The van der Waals surface area contributed by atoms with Crippen LogP contribution >= 0.6 is 0 Å². The first-order chi connectivity index (χ1) is 9.70. The van der Waals surface area contributed by atoms with Crippen LogP contribution in [-0.4, -0.2) is 24.7 Å². The maximum atomic E-state index is 9.19. The maximum Gasteiger partial charge on any atom is 0.128 e. The van der Waals surface area contributed by atoms with E-state index in [4.69, 9.17) is 4.74 Å². The van der Waals surface area contributed by atoms with E-state index in [1.807, 2.05) is 31.2 Å². The van der Waals surface area contributed by atoms with Gasteiger partial charge in [-0.15, -0.1) is 0 Å². The smallest absolute Gasteiger partial charge is 0.128 e. The minimum Gasteiger partial charge on any atom is -0.375 e. The van der Waals surface area contributed by atoms with Gasteiger partial charge in [0, 0.05) is 11.9 Å². The Morgan fingerprint density at radius 1 is 1.45 bits per heavy atom. The zero-order chi connectivity index (χ0) is 14.4. The van der Waals surface area contributed by atoms with Crippen LogP contribution in [0.15, 0.2) is 42.5 Å². The minimum absolute atomic E-state index is 0.566. The first-order valence-corrected chi connectivity index (χ1v) is 6.46. The van der Waals surface area contributed by atoms with Crippen molar-refractivity contribution in [1.29, 1.82) is 5.26 Å². The third-order valence-corrected chi connectivity index (χ3v) is 2.74. The van der Waals surface area contributed by atoms with E-state index in [9.17, 15) is 5.26 Å². The number of ether oxygens (including phenoxy) is 1. The van der Waals surface area contributed by atoms with Crippen molar-refractivity contribution in [1.82, 2.24) is 4.98 Å². The fraction of sp³-hybridized carbons (Fsp3) is 0.250. The van der Waals surface area contributed by atoms with Gasteiger partial charge in [0.2, 0.25) is 0 Å². The van der Waals surface area contributed by atoms with E-state index in [0.29, 0.717) is 31.1 Å². The molecule has 0 saturated carbocycles. The summed E-state index contributed by atoms with van der Waals surface area (Å²) in [6, 6.07) is 11.6. The second-order valence-electron chi connectivity index (χ2n) is 4.62. The first-order valence-electron chi connectivity index (χ1n) is 6.46. The fourth-order valence-electron chi connectivity index (χ4n) is 1.86. The summed E-state index contributed by atoms with van der Waals surface area (Å²) < 4.78 is 5.41. The van der Waals surface area contributed by atoms with Crippen molar-refractivity contribution in [3.8, 4) is 6.07 Å². The maximum absolute atomic E-state index is 9.19. The Hall–Kier alpha value is -2.38. The Bertz CT molecular complexity index is 658. The molecule has 0 radical (unpaired) electrons. The van der Waals surface area contributed by atoms with Gasteiger partial charge >= 0.3 is 0 Å². The summed E-state index contributed by atoms with van der Waals surface area (Å²) >= 11 is 0. The first kappa shape index (κ1) is 14.0. The highest BCUT2D eigenvalue weighted by atomic mass is 16.5. The number of aromatic nitrogens is 1. The van der Waals surface area contributed by atoms with E-state index in [2.05, 4.69) is 22.9 Å². The van der Waals surface area contributed by atoms with E-state index in [-0.39, 0.29) is 0 Å². The Morgan fingerprint density at radius 2 is 2.25 bits per heavy atom. The molecule has 1 aromatic heterocycles. The van der Waals surface area contributed by atoms with Gasteiger partial charge in [0.05, 0.1) is 30.4 Å². The lowest BCUT2D eigenvalue weighted by Crippen LogP contribution is -2.11. The van der Waals surface area contributed by atoms with Crippen molar-refractivity contribution in [3.63, 3.8) is 0 Å². The monoisotopic (exact) mass is 267 g/mol. The molecule has 0 unspecified atom stereocenters. The van der Waals surface area contributed by atoms with Crippen molar-refractivity contribution in [3.05, 3.63) is 48.0 Å². The minimum atomic E-state index is 0.566. The Morgan fingerprint density at radius 3 is 3.00 bits per heavy atom. The molecule has 20 heavy (non-hydrogen) atoms. The van der Waals surface area contributed by atoms with E-state index < -0.39 is 0 Å². The van der Waals surface area contributed by atoms with Gasteiger partial charge in [-0.05, 0) is 19.1 Å². The number of hydrogen-bond acceptors (Lipinski definition) is 4. The molecule has 4 heteroatoms. The van der Waals surface area contributed by atoms with E-state index in [0.717, 1.165) is 16.5 Å². The topological polar surface area (TPSA) is 57.9 Å². The molecular weight excluding hydrogens is 250 g/mol. The SMILES string of the molecule is C=C(C)COCCNc1cc(C#N)c2ccccc2n1. The molecule has 102 valence electrons. The normalized spacial score (nSPS) is 10.2. The number of fused-ring (bicyclic) bond motifs is 1. The zero-order valence-electron chi connectivity index (χ0n) is 11.5. The number of nitriles is 1. The van der Waals surface area contributed by atoms with Gasteiger partial charge in [-0.2, -0.15) is 5.26 Å². The molecule has 2 aromatic rings. The third kappa shape index (κ3) is 3.56. The average molecular weight is 267 g/mol. The van der Waals surface area contributed by atoms with Gasteiger partial charge < -0.3 is 10.1 Å². The molecular formula is C16H17N3O. The van der Waals surface area contributed by atoms with Crippen LogP contribution in [0.3, 0.4) is 0 Å². The Balaban J connectivity index is 2.04. The highest BCUT2D eigenvalue weighted by molar-refractivity contribution is 5.86. The average Bonchev–Trinajstić information content (AvgIpc) is 2.45. The Labute approximate surface area is 118 Å². The molecule has 0 spiro atoms. The highest BCUT2D eigenvalue weighted by Gasteiger charge is 2.04.